The minimum atomic E-state index is -4.58. The van der Waals surface area contributed by atoms with E-state index >= 15 is 0 Å². The Kier molecular flexibility index (Phi) is 11.2. The maximum absolute atomic E-state index is 13.2. The topological polar surface area (TPSA) is 208 Å². The number of nitrogens with zero attached hydrogens (tertiary/aromatic N) is 1. The highest BCUT2D eigenvalue weighted by Gasteiger charge is 2.36. The Morgan fingerprint density at radius 2 is 1.36 bits per heavy atom. The first-order chi connectivity index (χ1) is 20.7. The molecule has 238 valence electrons. The van der Waals surface area contributed by atoms with Gasteiger partial charge in [0.1, 0.15) is 16.4 Å². The summed E-state index contributed by atoms with van der Waals surface area (Å²) < 4.78 is 39.9. The van der Waals surface area contributed by atoms with E-state index in [2.05, 4.69) is 0 Å². The lowest BCUT2D eigenvalue weighted by molar-refractivity contribution is 0.0977. The Hall–Kier alpha value is -3.85. The number of ketones is 2. The van der Waals surface area contributed by atoms with Crippen molar-refractivity contribution in [1.82, 2.24) is 4.90 Å². The van der Waals surface area contributed by atoms with E-state index in [4.69, 9.17) is 25.8 Å². The zero-order valence-corrected chi connectivity index (χ0v) is 25.6. The van der Waals surface area contributed by atoms with Crippen LogP contribution in [0.3, 0.4) is 0 Å². The van der Waals surface area contributed by atoms with Crippen molar-refractivity contribution >= 4 is 27.4 Å². The molecule has 3 aromatic carbocycles. The van der Waals surface area contributed by atoms with Crippen molar-refractivity contribution in [2.24, 2.45) is 0 Å². The second-order valence-corrected chi connectivity index (χ2v) is 12.1. The van der Waals surface area contributed by atoms with E-state index in [0.29, 0.717) is 26.1 Å². The number of ether oxygens (including phenoxy) is 1. The summed E-state index contributed by atoms with van der Waals surface area (Å²) >= 11 is 0. The fourth-order valence-electron chi connectivity index (χ4n) is 4.89. The van der Waals surface area contributed by atoms with Crippen LogP contribution in [0.15, 0.2) is 53.4 Å². The normalized spacial score (nSPS) is 12.8. The highest BCUT2D eigenvalue weighted by molar-refractivity contribution is 7.85. The van der Waals surface area contributed by atoms with Gasteiger partial charge in [-0.1, -0.05) is 51.1 Å². The third kappa shape index (κ3) is 7.26. The van der Waals surface area contributed by atoms with Crippen molar-refractivity contribution < 1.29 is 47.7 Å². The molecule has 0 amide bonds. The number of benzene rings is 3. The summed E-state index contributed by atoms with van der Waals surface area (Å²) in [5, 5.41) is 36.1. The molecule has 0 unspecified atom stereocenters. The average Bonchev–Trinajstić information content (AvgIpc) is 2.97. The molecule has 13 heteroatoms. The molecular formula is C31H38N2O10S. The van der Waals surface area contributed by atoms with Gasteiger partial charge >= 0.3 is 0 Å². The van der Waals surface area contributed by atoms with Crippen molar-refractivity contribution in [1.29, 1.82) is 0 Å². The molecular weight excluding hydrogens is 592 g/mol. The van der Waals surface area contributed by atoms with Gasteiger partial charge in [-0.2, -0.15) is 8.42 Å². The Morgan fingerprint density at radius 3 is 1.84 bits per heavy atom. The molecule has 3 aromatic rings. The lowest BCUT2D eigenvalue weighted by Gasteiger charge is -2.28. The summed E-state index contributed by atoms with van der Waals surface area (Å²) in [6.45, 7) is 7.18. The minimum absolute atomic E-state index is 0.0694. The number of carbonyl (C=O) groups is 2. The maximum Gasteiger partial charge on any atom is 0.294 e. The molecule has 0 aliphatic heterocycles. The Balaban J connectivity index is 0.000000456. The Morgan fingerprint density at radius 1 is 0.841 bits per heavy atom. The van der Waals surface area contributed by atoms with Crippen LogP contribution in [0, 0.1) is 0 Å². The summed E-state index contributed by atoms with van der Waals surface area (Å²) in [5.41, 5.74) is 5.50. The average molecular weight is 631 g/mol. The van der Waals surface area contributed by atoms with Crippen LogP contribution in [0.4, 0.5) is 5.69 Å². The molecule has 0 spiro atoms. The number of nitrogens with two attached hydrogens (primary N) is 1. The molecule has 44 heavy (non-hydrogen) atoms. The molecule has 0 bridgehead atoms. The summed E-state index contributed by atoms with van der Waals surface area (Å²) in [6.07, 6.45) is 0.505. The molecule has 0 saturated carbocycles. The van der Waals surface area contributed by atoms with Gasteiger partial charge in [0.05, 0.1) is 36.6 Å². The van der Waals surface area contributed by atoms with Crippen LogP contribution in [-0.2, 0) is 15.5 Å². The fraction of sp³-hybridized carbons (Fsp3) is 0.355. The number of anilines is 1. The highest BCUT2D eigenvalue weighted by atomic mass is 32.2. The van der Waals surface area contributed by atoms with Gasteiger partial charge in [-0.05, 0) is 24.0 Å². The molecule has 1 aliphatic rings. The first-order valence-electron chi connectivity index (χ1n) is 13.9. The monoisotopic (exact) mass is 630 g/mol. The number of phenolic OH excluding ortho intramolecular Hbond substituents is 1. The van der Waals surface area contributed by atoms with Crippen LogP contribution in [0.5, 0.6) is 17.2 Å². The van der Waals surface area contributed by atoms with Crippen LogP contribution in [0.25, 0.3) is 0 Å². The molecule has 0 atom stereocenters. The van der Waals surface area contributed by atoms with Crippen molar-refractivity contribution in [2.45, 2.75) is 37.5 Å². The minimum Gasteiger partial charge on any atom is -0.507 e. The first kappa shape index (κ1) is 34.6. The number of fused-ring (bicyclic) bond motifs is 2. The van der Waals surface area contributed by atoms with E-state index in [1.165, 1.54) is 30.3 Å². The maximum atomic E-state index is 13.2. The number of aromatic hydroxyl groups is 1. The van der Waals surface area contributed by atoms with E-state index in [9.17, 15) is 27.7 Å². The number of hydrogen-bond donors (Lipinski definition) is 6. The molecule has 0 fully saturated rings. The van der Waals surface area contributed by atoms with E-state index in [-0.39, 0.29) is 69.7 Å². The van der Waals surface area contributed by atoms with Crippen LogP contribution >= 0.6 is 0 Å². The third-order valence-corrected chi connectivity index (χ3v) is 8.37. The molecule has 0 saturated heterocycles. The summed E-state index contributed by atoms with van der Waals surface area (Å²) in [6, 6.07) is 11.5. The molecule has 1 aliphatic carbocycles. The quantitative estimate of drug-likeness (QED) is 0.0803. The predicted octanol–water partition coefficient (Wildman–Crippen LogP) is 2.74. The molecule has 0 aromatic heterocycles. The van der Waals surface area contributed by atoms with Crippen molar-refractivity contribution in [3.8, 4) is 17.2 Å². The molecule has 4 rings (SSSR count). The van der Waals surface area contributed by atoms with Gasteiger partial charge in [-0.15, -0.1) is 0 Å². The molecule has 0 radical (unpaired) electrons. The lowest BCUT2D eigenvalue weighted by Crippen LogP contribution is -2.32. The first-order valence-corrected chi connectivity index (χ1v) is 15.3. The number of carbonyl (C=O) groups excluding carboxylic acids is 2. The second kappa shape index (κ2) is 14.3. The number of nitrogen functional groups attached to an aromatic ring is 1. The number of rotatable bonds is 11. The zero-order chi connectivity index (χ0) is 32.8. The van der Waals surface area contributed by atoms with Crippen molar-refractivity contribution in [2.75, 3.05) is 45.2 Å². The second-order valence-electron chi connectivity index (χ2n) is 10.7. The van der Waals surface area contributed by atoms with E-state index in [1.807, 2.05) is 6.92 Å². The number of hydrogen-bond acceptors (Lipinski definition) is 11. The number of aliphatic hydroxyl groups excluding tert-OH is 3. The van der Waals surface area contributed by atoms with Crippen molar-refractivity contribution in [3.63, 3.8) is 0 Å². The van der Waals surface area contributed by atoms with Crippen LogP contribution in [-0.4, -0.2) is 89.3 Å². The fourth-order valence-corrected chi connectivity index (χ4v) is 5.78. The van der Waals surface area contributed by atoms with Gasteiger partial charge in [0.15, 0.2) is 17.3 Å². The Labute approximate surface area is 256 Å². The largest absolute Gasteiger partial charge is 0.507 e. The number of phenols is 1. The van der Waals surface area contributed by atoms with E-state index in [1.54, 1.807) is 30.9 Å². The summed E-state index contributed by atoms with van der Waals surface area (Å²) in [5.74, 6) is -1.62. The van der Waals surface area contributed by atoms with Crippen LogP contribution in [0.2, 0.25) is 0 Å². The third-order valence-electron chi connectivity index (χ3n) is 7.47. The summed E-state index contributed by atoms with van der Waals surface area (Å²) in [7, 11) is -4.58. The molecule has 12 nitrogen and oxygen atoms in total. The van der Waals surface area contributed by atoms with Gasteiger partial charge in [-0.25, -0.2) is 0 Å². The standard InChI is InChI=1S/C25H23NO7S.C6H15NO3/c1-4-25(2,3)21-16(10-7-11-18(21)34(30,31)32)33-17-12-15(27)19-20(22(17)26)24(29)14-9-6-5-8-13(14)23(19)28;8-4-1-7(2-5-9)3-6-10/h5-12,27H,4,26H2,1-3H3,(H,30,31,32);8-10H,1-6H2. The predicted molar refractivity (Wildman–Crippen MR) is 163 cm³/mol. The summed E-state index contributed by atoms with van der Waals surface area (Å²) in [4.78, 5) is 27.6. The number of aliphatic hydroxyl groups is 3. The van der Waals surface area contributed by atoms with E-state index in [0.717, 1.165) is 6.07 Å². The highest BCUT2D eigenvalue weighted by Crippen LogP contribution is 2.45. The van der Waals surface area contributed by atoms with Crippen LogP contribution in [0.1, 0.15) is 64.6 Å². The lowest BCUT2D eigenvalue weighted by atomic mass is 9.81. The Bertz CT molecular complexity index is 1620. The molecule has 0 heterocycles. The van der Waals surface area contributed by atoms with Gasteiger partial charge in [0, 0.05) is 42.4 Å². The van der Waals surface area contributed by atoms with Gasteiger partial charge in [0.25, 0.3) is 10.1 Å². The van der Waals surface area contributed by atoms with E-state index < -0.39 is 32.8 Å². The smallest absolute Gasteiger partial charge is 0.294 e. The van der Waals surface area contributed by atoms with Gasteiger partial charge < -0.3 is 30.9 Å². The SMILES string of the molecule is CCC(C)(C)c1c(Oc2cc(O)c3c(c2N)C(=O)c2ccccc2C3=O)cccc1S(=O)(=O)O.OCCN(CCO)CCO. The zero-order valence-electron chi connectivity index (χ0n) is 24.8. The van der Waals surface area contributed by atoms with Crippen molar-refractivity contribution in [3.05, 3.63) is 76.3 Å². The molecule has 7 N–H and O–H groups in total. The van der Waals surface area contributed by atoms with Gasteiger partial charge in [0.2, 0.25) is 0 Å². The van der Waals surface area contributed by atoms with Gasteiger partial charge in [-0.3, -0.25) is 19.0 Å². The van der Waals surface area contributed by atoms with Crippen LogP contribution < -0.4 is 10.5 Å².